The second kappa shape index (κ2) is 6.02. The molecule has 2 rings (SSSR count). The number of hydrogen-bond acceptors (Lipinski definition) is 3. The first-order valence-electron chi connectivity index (χ1n) is 7.90. The summed E-state index contributed by atoms with van der Waals surface area (Å²) in [6, 6.07) is 0.653. The lowest BCUT2D eigenvalue weighted by atomic mass is 9.72. The largest absolute Gasteiger partial charge is 0.480 e. The summed E-state index contributed by atoms with van der Waals surface area (Å²) in [5, 5.41) is 8.72. The molecule has 1 N–H and O–H groups in total. The normalized spacial score (nSPS) is 34.0. The Bertz CT molecular complexity index is 350. The SMILES string of the molecule is CC1CCC(C(C)C)C(N2CC(C)(OCC(=O)O)C2)C1. The molecule has 0 aromatic carbocycles. The number of carbonyl (C=O) groups is 1. The minimum absolute atomic E-state index is 0.182. The number of ether oxygens (including phenoxy) is 1. The van der Waals surface area contributed by atoms with E-state index in [1.54, 1.807) is 0 Å². The Hall–Kier alpha value is -0.610. The summed E-state index contributed by atoms with van der Waals surface area (Å²) in [5.41, 5.74) is -0.263. The molecule has 1 saturated heterocycles. The second-order valence-corrected chi connectivity index (χ2v) is 7.43. The third kappa shape index (κ3) is 3.53. The van der Waals surface area contributed by atoms with Gasteiger partial charge in [0.1, 0.15) is 6.61 Å². The summed E-state index contributed by atoms with van der Waals surface area (Å²) >= 11 is 0. The molecule has 4 heteroatoms. The molecule has 116 valence electrons. The van der Waals surface area contributed by atoms with E-state index in [0.717, 1.165) is 30.8 Å². The highest BCUT2D eigenvalue weighted by Crippen LogP contribution is 2.40. The molecule has 1 aliphatic carbocycles. The van der Waals surface area contributed by atoms with Gasteiger partial charge >= 0.3 is 5.97 Å². The molecular weight excluding hydrogens is 254 g/mol. The second-order valence-electron chi connectivity index (χ2n) is 7.43. The van der Waals surface area contributed by atoms with Crippen LogP contribution in [0.15, 0.2) is 0 Å². The molecule has 20 heavy (non-hydrogen) atoms. The van der Waals surface area contributed by atoms with E-state index in [2.05, 4.69) is 25.7 Å². The third-order valence-corrected chi connectivity index (χ3v) is 5.08. The van der Waals surface area contributed by atoms with Crippen molar-refractivity contribution in [3.05, 3.63) is 0 Å². The fourth-order valence-corrected chi connectivity index (χ4v) is 3.95. The van der Waals surface area contributed by atoms with E-state index in [9.17, 15) is 4.79 Å². The zero-order valence-electron chi connectivity index (χ0n) is 13.3. The van der Waals surface area contributed by atoms with Crippen molar-refractivity contribution in [2.75, 3.05) is 19.7 Å². The topological polar surface area (TPSA) is 49.8 Å². The van der Waals surface area contributed by atoms with Crippen LogP contribution in [0.2, 0.25) is 0 Å². The van der Waals surface area contributed by atoms with E-state index in [0.29, 0.717) is 6.04 Å². The molecule has 0 radical (unpaired) electrons. The molecule has 0 bridgehead atoms. The summed E-state index contributed by atoms with van der Waals surface area (Å²) in [4.78, 5) is 13.1. The van der Waals surface area contributed by atoms with E-state index < -0.39 is 5.97 Å². The Kier molecular flexibility index (Phi) is 4.75. The van der Waals surface area contributed by atoms with Gasteiger partial charge in [-0.3, -0.25) is 4.90 Å². The molecule has 4 nitrogen and oxygen atoms in total. The Labute approximate surface area is 122 Å². The molecular formula is C16H29NO3. The van der Waals surface area contributed by atoms with Gasteiger partial charge in [-0.25, -0.2) is 4.79 Å². The molecule has 1 saturated carbocycles. The number of hydrogen-bond donors (Lipinski definition) is 1. The van der Waals surface area contributed by atoms with Gasteiger partial charge in [0.2, 0.25) is 0 Å². The standard InChI is InChI=1S/C16H29NO3/c1-11(2)13-6-5-12(3)7-14(13)17-9-16(4,10-17)20-8-15(18)19/h11-14H,5-10H2,1-4H3,(H,18,19). The van der Waals surface area contributed by atoms with Crippen LogP contribution >= 0.6 is 0 Å². The summed E-state index contributed by atoms with van der Waals surface area (Å²) in [6.45, 7) is 10.6. The monoisotopic (exact) mass is 283 g/mol. The summed E-state index contributed by atoms with van der Waals surface area (Å²) in [5.74, 6) is 1.42. The maximum Gasteiger partial charge on any atom is 0.329 e. The summed E-state index contributed by atoms with van der Waals surface area (Å²) in [7, 11) is 0. The molecule has 0 aromatic heterocycles. The summed E-state index contributed by atoms with van der Waals surface area (Å²) in [6.07, 6.45) is 3.95. The molecule has 2 aliphatic rings. The molecule has 3 atom stereocenters. The van der Waals surface area contributed by atoms with Crippen molar-refractivity contribution in [3.8, 4) is 0 Å². The average Bonchev–Trinajstić information content (AvgIpc) is 2.32. The van der Waals surface area contributed by atoms with Crippen LogP contribution in [0.5, 0.6) is 0 Å². The first kappa shape index (κ1) is 15.8. The highest BCUT2D eigenvalue weighted by atomic mass is 16.5. The fourth-order valence-electron chi connectivity index (χ4n) is 3.95. The van der Waals surface area contributed by atoms with E-state index in [1.807, 2.05) is 6.92 Å². The number of likely N-dealkylation sites (tertiary alicyclic amines) is 1. The van der Waals surface area contributed by atoms with Gasteiger partial charge in [0.25, 0.3) is 0 Å². The van der Waals surface area contributed by atoms with Gasteiger partial charge in [0, 0.05) is 19.1 Å². The minimum atomic E-state index is -0.879. The van der Waals surface area contributed by atoms with Crippen molar-refractivity contribution in [1.82, 2.24) is 4.90 Å². The molecule has 0 aromatic rings. The number of carboxylic acids is 1. The van der Waals surface area contributed by atoms with Crippen LogP contribution < -0.4 is 0 Å². The lowest BCUT2D eigenvalue weighted by molar-refractivity contribution is -0.176. The predicted molar refractivity (Wildman–Crippen MR) is 78.7 cm³/mol. The first-order valence-corrected chi connectivity index (χ1v) is 7.90. The van der Waals surface area contributed by atoms with Crippen molar-refractivity contribution in [3.63, 3.8) is 0 Å². The predicted octanol–water partition coefficient (Wildman–Crippen LogP) is 2.62. The van der Waals surface area contributed by atoms with Crippen molar-refractivity contribution in [2.24, 2.45) is 17.8 Å². The maximum atomic E-state index is 10.6. The van der Waals surface area contributed by atoms with Gasteiger partial charge in [-0.15, -0.1) is 0 Å². The molecule has 1 heterocycles. The van der Waals surface area contributed by atoms with Gasteiger partial charge in [0.05, 0.1) is 5.60 Å². The van der Waals surface area contributed by atoms with Gasteiger partial charge in [-0.05, 0) is 37.5 Å². The number of aliphatic carboxylic acids is 1. The lowest BCUT2D eigenvalue weighted by Crippen LogP contribution is -2.66. The smallest absolute Gasteiger partial charge is 0.329 e. The first-order chi connectivity index (χ1) is 9.31. The maximum absolute atomic E-state index is 10.6. The minimum Gasteiger partial charge on any atom is -0.480 e. The van der Waals surface area contributed by atoms with Crippen LogP contribution in [0.1, 0.15) is 47.0 Å². The van der Waals surface area contributed by atoms with Crippen molar-refractivity contribution >= 4 is 5.97 Å². The quantitative estimate of drug-likeness (QED) is 0.842. The van der Waals surface area contributed by atoms with Crippen LogP contribution in [0.4, 0.5) is 0 Å². The van der Waals surface area contributed by atoms with Crippen molar-refractivity contribution < 1.29 is 14.6 Å². The number of carboxylic acid groups (broad SMARTS) is 1. The van der Waals surface area contributed by atoms with Gasteiger partial charge in [-0.2, -0.15) is 0 Å². The lowest BCUT2D eigenvalue weighted by Gasteiger charge is -2.55. The van der Waals surface area contributed by atoms with Crippen LogP contribution in [-0.4, -0.2) is 47.3 Å². The molecule has 0 spiro atoms. The highest BCUT2D eigenvalue weighted by Gasteiger charge is 2.46. The average molecular weight is 283 g/mol. The van der Waals surface area contributed by atoms with E-state index >= 15 is 0 Å². The Morgan fingerprint density at radius 3 is 2.60 bits per heavy atom. The molecule has 1 aliphatic heterocycles. The Morgan fingerprint density at radius 1 is 1.40 bits per heavy atom. The summed E-state index contributed by atoms with van der Waals surface area (Å²) < 4.78 is 5.53. The third-order valence-electron chi connectivity index (χ3n) is 5.08. The highest BCUT2D eigenvalue weighted by molar-refractivity contribution is 5.68. The van der Waals surface area contributed by atoms with Gasteiger partial charge in [0.15, 0.2) is 0 Å². The number of rotatable bonds is 5. The fraction of sp³-hybridized carbons (Fsp3) is 0.938. The van der Waals surface area contributed by atoms with Crippen molar-refractivity contribution in [2.45, 2.75) is 58.6 Å². The zero-order valence-corrected chi connectivity index (χ0v) is 13.3. The van der Waals surface area contributed by atoms with Crippen LogP contribution in [0.3, 0.4) is 0 Å². The Balaban J connectivity index is 1.90. The van der Waals surface area contributed by atoms with E-state index in [4.69, 9.17) is 9.84 Å². The van der Waals surface area contributed by atoms with Crippen molar-refractivity contribution in [1.29, 1.82) is 0 Å². The van der Waals surface area contributed by atoms with Gasteiger partial charge in [-0.1, -0.05) is 27.2 Å². The molecule has 2 fully saturated rings. The van der Waals surface area contributed by atoms with E-state index in [1.165, 1.54) is 19.3 Å². The molecule has 3 unspecified atom stereocenters. The molecule has 0 amide bonds. The zero-order chi connectivity index (χ0) is 14.9. The van der Waals surface area contributed by atoms with Crippen LogP contribution in [0.25, 0.3) is 0 Å². The van der Waals surface area contributed by atoms with E-state index in [-0.39, 0.29) is 12.2 Å². The Morgan fingerprint density at radius 2 is 2.05 bits per heavy atom. The van der Waals surface area contributed by atoms with Gasteiger partial charge < -0.3 is 9.84 Å². The van der Waals surface area contributed by atoms with Crippen LogP contribution in [0, 0.1) is 17.8 Å². The number of nitrogens with zero attached hydrogens (tertiary/aromatic N) is 1. The van der Waals surface area contributed by atoms with Crippen LogP contribution in [-0.2, 0) is 9.53 Å².